The summed E-state index contributed by atoms with van der Waals surface area (Å²) in [5.41, 5.74) is 2.50. The molecule has 0 fully saturated rings. The van der Waals surface area contributed by atoms with Gasteiger partial charge in [0.05, 0.1) is 6.04 Å². The Balaban J connectivity index is 1.83. The normalized spacial score (nSPS) is 11.7. The van der Waals surface area contributed by atoms with Gasteiger partial charge in [0.25, 0.3) is 5.91 Å². The fourth-order valence-electron chi connectivity index (χ4n) is 3.33. The molecule has 1 amide bonds. The summed E-state index contributed by atoms with van der Waals surface area (Å²) in [5.74, 6) is -0.699. The van der Waals surface area contributed by atoms with E-state index in [9.17, 15) is 18.4 Å². The lowest BCUT2D eigenvalue weighted by Crippen LogP contribution is -2.43. The van der Waals surface area contributed by atoms with Gasteiger partial charge in [-0.05, 0) is 36.6 Å². The third-order valence-electron chi connectivity index (χ3n) is 4.92. The Hall–Kier alpha value is -3.54. The van der Waals surface area contributed by atoms with Crippen molar-refractivity contribution >= 4 is 11.7 Å². The topological polar surface area (TPSA) is 55.4 Å². The van der Waals surface area contributed by atoms with Crippen LogP contribution in [-0.4, -0.2) is 24.3 Å². The van der Waals surface area contributed by atoms with Gasteiger partial charge in [-0.2, -0.15) is 8.78 Å². The Morgan fingerprint density at radius 3 is 2.26 bits per heavy atom. The molecular weight excluding hydrogens is 400 g/mol. The molecule has 1 atom stereocenters. The summed E-state index contributed by atoms with van der Waals surface area (Å²) < 4.78 is 30.0. The van der Waals surface area contributed by atoms with Gasteiger partial charge in [0, 0.05) is 17.5 Å². The van der Waals surface area contributed by atoms with Gasteiger partial charge in [-0.1, -0.05) is 66.7 Å². The number of rotatable bonds is 9. The Labute approximate surface area is 179 Å². The second kappa shape index (κ2) is 10.5. The van der Waals surface area contributed by atoms with Gasteiger partial charge < -0.3 is 10.1 Å². The number of amides is 1. The number of carbonyl (C=O) groups excluding carboxylic acids is 2. The number of para-hydroxylation sites is 1. The largest absolute Gasteiger partial charge is 0.435 e. The highest BCUT2D eigenvalue weighted by molar-refractivity contribution is 5.99. The van der Waals surface area contributed by atoms with Crippen LogP contribution in [0.2, 0.25) is 0 Å². The van der Waals surface area contributed by atoms with Crippen molar-refractivity contribution in [3.05, 3.63) is 101 Å². The number of nitrogens with one attached hydrogen (secondary N) is 1. The van der Waals surface area contributed by atoms with Crippen LogP contribution in [0.15, 0.2) is 78.9 Å². The van der Waals surface area contributed by atoms with Crippen molar-refractivity contribution in [1.29, 1.82) is 0 Å². The van der Waals surface area contributed by atoms with Crippen LogP contribution in [-0.2, 0) is 17.6 Å². The quantitative estimate of drug-likeness (QED) is 0.540. The van der Waals surface area contributed by atoms with Crippen LogP contribution < -0.4 is 10.1 Å². The number of benzene rings is 3. The standard InChI is InChI=1S/C25H23F2NO3/c1-17-9-5-7-13-20(17)24(30)28-21(15-18-10-3-2-4-11-18)22(29)16-19-12-6-8-14-23(19)31-25(26)27/h2-14,21,25H,15-16H2,1H3,(H,28,30). The van der Waals surface area contributed by atoms with E-state index in [2.05, 4.69) is 10.1 Å². The fourth-order valence-corrected chi connectivity index (χ4v) is 3.33. The van der Waals surface area contributed by atoms with Crippen molar-refractivity contribution < 1.29 is 23.1 Å². The molecule has 3 aromatic rings. The van der Waals surface area contributed by atoms with Gasteiger partial charge in [0.2, 0.25) is 0 Å². The maximum Gasteiger partial charge on any atom is 0.387 e. The molecule has 6 heteroatoms. The number of ether oxygens (including phenoxy) is 1. The molecule has 3 aromatic carbocycles. The van der Waals surface area contributed by atoms with E-state index in [1.54, 1.807) is 30.3 Å². The molecule has 0 aromatic heterocycles. The molecule has 0 heterocycles. The summed E-state index contributed by atoms with van der Waals surface area (Å²) in [6.45, 7) is -1.17. The summed E-state index contributed by atoms with van der Waals surface area (Å²) in [5, 5.41) is 2.83. The van der Waals surface area contributed by atoms with Gasteiger partial charge in [0.1, 0.15) is 5.75 Å². The molecule has 0 bridgehead atoms. The number of Topliss-reactive ketones (excluding diaryl/α,β-unsaturated/α-hetero) is 1. The van der Waals surface area contributed by atoms with E-state index in [1.807, 2.05) is 49.4 Å². The van der Waals surface area contributed by atoms with E-state index >= 15 is 0 Å². The molecule has 31 heavy (non-hydrogen) atoms. The molecule has 4 nitrogen and oxygen atoms in total. The first-order valence-electron chi connectivity index (χ1n) is 9.90. The molecule has 0 saturated heterocycles. The van der Waals surface area contributed by atoms with Crippen molar-refractivity contribution in [1.82, 2.24) is 5.32 Å². The van der Waals surface area contributed by atoms with Crippen LogP contribution >= 0.6 is 0 Å². The van der Waals surface area contributed by atoms with Crippen LogP contribution in [0.3, 0.4) is 0 Å². The zero-order chi connectivity index (χ0) is 22.2. The molecule has 0 spiro atoms. The minimum absolute atomic E-state index is 0.0467. The SMILES string of the molecule is Cc1ccccc1C(=O)NC(Cc1ccccc1)C(=O)Cc1ccccc1OC(F)F. The number of ketones is 1. The van der Waals surface area contributed by atoms with Gasteiger partial charge in [-0.25, -0.2) is 0 Å². The first-order valence-corrected chi connectivity index (χ1v) is 9.90. The Bertz CT molecular complexity index is 1040. The lowest BCUT2D eigenvalue weighted by molar-refractivity contribution is -0.120. The number of hydrogen-bond acceptors (Lipinski definition) is 3. The molecule has 0 aliphatic rings. The highest BCUT2D eigenvalue weighted by Gasteiger charge is 2.24. The zero-order valence-corrected chi connectivity index (χ0v) is 17.1. The molecule has 3 rings (SSSR count). The zero-order valence-electron chi connectivity index (χ0n) is 17.1. The van der Waals surface area contributed by atoms with E-state index in [4.69, 9.17) is 0 Å². The van der Waals surface area contributed by atoms with Crippen LogP contribution in [0.4, 0.5) is 8.78 Å². The maximum atomic E-state index is 13.1. The smallest absolute Gasteiger partial charge is 0.387 e. The van der Waals surface area contributed by atoms with Gasteiger partial charge in [-0.15, -0.1) is 0 Å². The Morgan fingerprint density at radius 1 is 0.903 bits per heavy atom. The minimum atomic E-state index is -2.99. The highest BCUT2D eigenvalue weighted by atomic mass is 19.3. The molecule has 160 valence electrons. The summed E-state index contributed by atoms with van der Waals surface area (Å²) >= 11 is 0. The number of hydrogen-bond donors (Lipinski definition) is 1. The summed E-state index contributed by atoms with van der Waals surface area (Å²) in [7, 11) is 0. The number of aryl methyl sites for hydroxylation is 1. The van der Waals surface area contributed by atoms with Crippen LogP contribution in [0.1, 0.15) is 27.0 Å². The molecule has 1 unspecified atom stereocenters. The molecule has 0 aliphatic carbocycles. The predicted octanol–water partition coefficient (Wildman–Crippen LogP) is 4.75. The fraction of sp³-hybridized carbons (Fsp3) is 0.200. The van der Waals surface area contributed by atoms with Crippen molar-refractivity contribution in [2.45, 2.75) is 32.4 Å². The van der Waals surface area contributed by atoms with E-state index in [0.29, 0.717) is 11.1 Å². The number of carbonyl (C=O) groups is 2. The second-order valence-corrected chi connectivity index (χ2v) is 7.16. The Kier molecular flexibility index (Phi) is 7.49. The summed E-state index contributed by atoms with van der Waals surface area (Å²) in [6, 6.07) is 21.8. The number of halogens is 2. The van der Waals surface area contributed by atoms with Gasteiger partial charge in [0.15, 0.2) is 5.78 Å². The van der Waals surface area contributed by atoms with E-state index in [0.717, 1.165) is 11.1 Å². The monoisotopic (exact) mass is 423 g/mol. The molecular formula is C25H23F2NO3. The van der Waals surface area contributed by atoms with E-state index in [1.165, 1.54) is 6.07 Å². The van der Waals surface area contributed by atoms with Gasteiger partial charge in [-0.3, -0.25) is 9.59 Å². The van der Waals surface area contributed by atoms with Crippen LogP contribution in [0.5, 0.6) is 5.75 Å². The van der Waals surface area contributed by atoms with Crippen molar-refractivity contribution in [3.63, 3.8) is 0 Å². The highest BCUT2D eigenvalue weighted by Crippen LogP contribution is 2.22. The third kappa shape index (κ3) is 6.22. The van der Waals surface area contributed by atoms with Crippen molar-refractivity contribution in [2.75, 3.05) is 0 Å². The van der Waals surface area contributed by atoms with Crippen molar-refractivity contribution in [3.8, 4) is 5.75 Å². The lowest BCUT2D eigenvalue weighted by atomic mass is 9.96. The molecule has 1 N–H and O–H groups in total. The van der Waals surface area contributed by atoms with E-state index in [-0.39, 0.29) is 30.3 Å². The first-order chi connectivity index (χ1) is 14.9. The second-order valence-electron chi connectivity index (χ2n) is 7.16. The molecule has 0 radical (unpaired) electrons. The van der Waals surface area contributed by atoms with E-state index < -0.39 is 12.7 Å². The molecule has 0 saturated carbocycles. The average Bonchev–Trinajstić information content (AvgIpc) is 2.75. The maximum absolute atomic E-state index is 13.1. The van der Waals surface area contributed by atoms with Crippen LogP contribution in [0.25, 0.3) is 0 Å². The molecule has 0 aliphatic heterocycles. The van der Waals surface area contributed by atoms with Crippen molar-refractivity contribution in [2.24, 2.45) is 0 Å². The minimum Gasteiger partial charge on any atom is -0.435 e. The number of alkyl halides is 2. The predicted molar refractivity (Wildman–Crippen MR) is 114 cm³/mol. The summed E-state index contributed by atoms with van der Waals surface area (Å²) in [4.78, 5) is 26.0. The first kappa shape index (κ1) is 22.2. The average molecular weight is 423 g/mol. The van der Waals surface area contributed by atoms with Crippen LogP contribution in [0, 0.1) is 6.92 Å². The van der Waals surface area contributed by atoms with Gasteiger partial charge >= 0.3 is 6.61 Å². The third-order valence-corrected chi connectivity index (χ3v) is 4.92. The summed E-state index contributed by atoms with van der Waals surface area (Å²) in [6.07, 6.45) is 0.142. The Morgan fingerprint density at radius 2 is 1.55 bits per heavy atom. The lowest BCUT2D eigenvalue weighted by Gasteiger charge is -2.19.